The van der Waals surface area contributed by atoms with Crippen molar-refractivity contribution in [3.63, 3.8) is 0 Å². The minimum Gasteiger partial charge on any atom is -0.368 e. The van der Waals surface area contributed by atoms with E-state index in [4.69, 9.17) is 28.9 Å². The summed E-state index contributed by atoms with van der Waals surface area (Å²) in [4.78, 5) is 22.0. The Hall–Kier alpha value is -1.50. The number of nitrogens with zero attached hydrogens (tertiary/aromatic N) is 2. The van der Waals surface area contributed by atoms with E-state index >= 15 is 0 Å². The fourth-order valence-corrected chi connectivity index (χ4v) is 3.90. The minimum atomic E-state index is -0.229. The summed E-state index contributed by atoms with van der Waals surface area (Å²) in [5.74, 6) is 0.921. The first-order chi connectivity index (χ1) is 11.5. The predicted octanol–water partition coefficient (Wildman–Crippen LogP) is 4.44. The molecule has 1 aromatic heterocycles. The summed E-state index contributed by atoms with van der Waals surface area (Å²) in [5, 5.41) is 4.34. The highest BCUT2D eigenvalue weighted by Crippen LogP contribution is 2.38. The summed E-state index contributed by atoms with van der Waals surface area (Å²) in [6.45, 7) is 0. The van der Waals surface area contributed by atoms with Gasteiger partial charge in [0.1, 0.15) is 5.82 Å². The van der Waals surface area contributed by atoms with Crippen molar-refractivity contribution < 1.29 is 4.79 Å². The summed E-state index contributed by atoms with van der Waals surface area (Å²) < 4.78 is 0. The van der Waals surface area contributed by atoms with Gasteiger partial charge in [-0.15, -0.1) is 0 Å². The highest BCUT2D eigenvalue weighted by atomic mass is 35.5. The molecule has 3 rings (SSSR count). The topological polar surface area (TPSA) is 80.9 Å². The van der Waals surface area contributed by atoms with E-state index in [-0.39, 0.29) is 17.8 Å². The number of carbonyl (C=O) groups is 1. The number of Topliss-reactive ketones (excluding diaryl/α,β-unsaturated/α-hetero) is 1. The Labute approximate surface area is 154 Å². The Bertz CT molecular complexity index is 772. The van der Waals surface area contributed by atoms with Gasteiger partial charge in [0.2, 0.25) is 5.95 Å². The van der Waals surface area contributed by atoms with Crippen LogP contribution in [0.2, 0.25) is 10.0 Å². The second-order valence-corrected chi connectivity index (χ2v) is 7.45. The molecule has 1 fully saturated rings. The molecule has 1 unspecified atom stereocenters. The molecule has 1 heterocycles. The molecule has 3 N–H and O–H groups in total. The minimum absolute atomic E-state index is 0.160. The van der Waals surface area contributed by atoms with E-state index in [1.54, 1.807) is 18.3 Å². The van der Waals surface area contributed by atoms with Gasteiger partial charge in [0.25, 0.3) is 0 Å². The third-order valence-corrected chi connectivity index (χ3v) is 5.51. The Morgan fingerprint density at radius 1 is 1.25 bits per heavy atom. The lowest BCUT2D eigenvalue weighted by Gasteiger charge is -2.23. The quantitative estimate of drug-likeness (QED) is 0.813. The van der Waals surface area contributed by atoms with Crippen molar-refractivity contribution in [1.29, 1.82) is 0 Å². The standard InChI is InChI=1S/C16H16Cl2N4OS/c17-9-5-6-13(10(18)7-9)24-14-8-20-16(19)22-15(14)21-11-3-1-2-4-12(11)23/h5-8,11H,1-4H2,(H3,19,20,21,22). The molecule has 0 aliphatic heterocycles. The molecule has 8 heteroatoms. The third kappa shape index (κ3) is 4.12. The maximum absolute atomic E-state index is 12.1. The number of nitrogens with two attached hydrogens (primary N) is 1. The Balaban J connectivity index is 1.86. The lowest BCUT2D eigenvalue weighted by Crippen LogP contribution is -2.32. The predicted molar refractivity (Wildman–Crippen MR) is 97.9 cm³/mol. The van der Waals surface area contributed by atoms with E-state index in [1.807, 2.05) is 6.07 Å². The van der Waals surface area contributed by atoms with E-state index in [9.17, 15) is 4.79 Å². The number of nitrogens with one attached hydrogen (secondary N) is 1. The number of hydrogen-bond donors (Lipinski definition) is 2. The molecule has 0 spiro atoms. The number of halogens is 2. The smallest absolute Gasteiger partial charge is 0.221 e. The van der Waals surface area contributed by atoms with Gasteiger partial charge in [-0.1, -0.05) is 41.4 Å². The number of ketones is 1. The molecule has 5 nitrogen and oxygen atoms in total. The number of aromatic nitrogens is 2. The van der Waals surface area contributed by atoms with Gasteiger partial charge in [-0.2, -0.15) is 4.98 Å². The lowest BCUT2D eigenvalue weighted by atomic mass is 9.94. The van der Waals surface area contributed by atoms with E-state index in [1.165, 1.54) is 11.8 Å². The van der Waals surface area contributed by atoms with Crippen molar-refractivity contribution in [3.05, 3.63) is 34.4 Å². The van der Waals surface area contributed by atoms with Crippen LogP contribution in [0.4, 0.5) is 11.8 Å². The van der Waals surface area contributed by atoms with Gasteiger partial charge in [0.15, 0.2) is 5.78 Å². The number of rotatable bonds is 4. The molecular weight excluding hydrogens is 367 g/mol. The van der Waals surface area contributed by atoms with Crippen molar-refractivity contribution in [2.45, 2.75) is 41.5 Å². The van der Waals surface area contributed by atoms with E-state index in [0.717, 1.165) is 29.1 Å². The normalized spacial score (nSPS) is 17.8. The van der Waals surface area contributed by atoms with Gasteiger partial charge in [0, 0.05) is 22.5 Å². The van der Waals surface area contributed by atoms with Gasteiger partial charge in [-0.3, -0.25) is 4.79 Å². The molecule has 1 aliphatic carbocycles. The van der Waals surface area contributed by atoms with Gasteiger partial charge in [-0.25, -0.2) is 4.98 Å². The van der Waals surface area contributed by atoms with Crippen LogP contribution in [-0.4, -0.2) is 21.8 Å². The zero-order valence-electron chi connectivity index (χ0n) is 12.8. The largest absolute Gasteiger partial charge is 0.368 e. The molecule has 24 heavy (non-hydrogen) atoms. The Morgan fingerprint density at radius 2 is 2.08 bits per heavy atom. The molecule has 0 amide bonds. The molecule has 1 saturated carbocycles. The van der Waals surface area contributed by atoms with Crippen LogP contribution < -0.4 is 11.1 Å². The molecule has 126 valence electrons. The highest BCUT2D eigenvalue weighted by molar-refractivity contribution is 7.99. The summed E-state index contributed by atoms with van der Waals surface area (Å²) in [7, 11) is 0. The summed E-state index contributed by atoms with van der Waals surface area (Å²) in [6.07, 6.45) is 5.01. The lowest BCUT2D eigenvalue weighted by molar-refractivity contribution is -0.121. The van der Waals surface area contributed by atoms with E-state index in [2.05, 4.69) is 15.3 Å². The van der Waals surface area contributed by atoms with Crippen molar-refractivity contribution in [1.82, 2.24) is 9.97 Å². The molecule has 0 radical (unpaired) electrons. The second kappa shape index (κ2) is 7.59. The van der Waals surface area contributed by atoms with Crippen LogP contribution >= 0.6 is 35.0 Å². The molecule has 0 saturated heterocycles. The van der Waals surface area contributed by atoms with E-state index in [0.29, 0.717) is 22.3 Å². The summed E-state index contributed by atoms with van der Waals surface area (Å²) in [5.41, 5.74) is 5.71. The van der Waals surface area contributed by atoms with Crippen molar-refractivity contribution >= 4 is 52.5 Å². The molecule has 1 aromatic carbocycles. The SMILES string of the molecule is Nc1ncc(Sc2ccc(Cl)cc2Cl)c(NC2CCCCC2=O)n1. The van der Waals surface area contributed by atoms with Gasteiger partial charge < -0.3 is 11.1 Å². The van der Waals surface area contributed by atoms with Crippen LogP contribution in [0.15, 0.2) is 34.2 Å². The highest BCUT2D eigenvalue weighted by Gasteiger charge is 2.23. The maximum Gasteiger partial charge on any atom is 0.221 e. The van der Waals surface area contributed by atoms with Gasteiger partial charge in [-0.05, 0) is 31.0 Å². The monoisotopic (exact) mass is 382 g/mol. The number of anilines is 2. The average Bonchev–Trinajstić information content (AvgIpc) is 2.54. The summed E-state index contributed by atoms with van der Waals surface area (Å²) in [6, 6.07) is 5.06. The number of benzene rings is 1. The zero-order chi connectivity index (χ0) is 17.1. The van der Waals surface area contributed by atoms with Crippen molar-refractivity contribution in [2.24, 2.45) is 0 Å². The first kappa shape index (κ1) is 17.3. The molecule has 0 bridgehead atoms. The van der Waals surface area contributed by atoms with Gasteiger partial charge in [0.05, 0.1) is 16.0 Å². The van der Waals surface area contributed by atoms with Crippen LogP contribution in [0.1, 0.15) is 25.7 Å². The molecule has 1 atom stereocenters. The van der Waals surface area contributed by atoms with E-state index < -0.39 is 0 Å². The number of carbonyl (C=O) groups excluding carboxylic acids is 1. The second-order valence-electron chi connectivity index (χ2n) is 5.53. The zero-order valence-corrected chi connectivity index (χ0v) is 15.1. The van der Waals surface area contributed by atoms with Crippen molar-refractivity contribution in [2.75, 3.05) is 11.1 Å². The number of hydrogen-bond acceptors (Lipinski definition) is 6. The third-order valence-electron chi connectivity index (χ3n) is 3.75. The van der Waals surface area contributed by atoms with Crippen LogP contribution in [0.25, 0.3) is 0 Å². The van der Waals surface area contributed by atoms with Crippen LogP contribution in [-0.2, 0) is 4.79 Å². The van der Waals surface area contributed by atoms with Crippen molar-refractivity contribution in [3.8, 4) is 0 Å². The van der Waals surface area contributed by atoms with Gasteiger partial charge >= 0.3 is 0 Å². The summed E-state index contributed by atoms with van der Waals surface area (Å²) >= 11 is 13.6. The number of nitrogen functional groups attached to an aromatic ring is 1. The first-order valence-corrected chi connectivity index (χ1v) is 9.15. The van der Waals surface area contributed by atoms with Crippen LogP contribution in [0.3, 0.4) is 0 Å². The first-order valence-electron chi connectivity index (χ1n) is 7.57. The molecular formula is C16H16Cl2N4OS. The maximum atomic E-state index is 12.1. The Morgan fingerprint density at radius 3 is 2.83 bits per heavy atom. The van der Waals surface area contributed by atoms with Crippen LogP contribution in [0.5, 0.6) is 0 Å². The fourth-order valence-electron chi connectivity index (χ4n) is 2.54. The molecule has 1 aliphatic rings. The fraction of sp³-hybridized carbons (Fsp3) is 0.312. The Kier molecular flexibility index (Phi) is 5.48. The average molecular weight is 383 g/mol. The molecule has 2 aromatic rings. The van der Waals surface area contributed by atoms with Crippen LogP contribution in [0, 0.1) is 0 Å².